The minimum absolute atomic E-state index is 0.365. The van der Waals surface area contributed by atoms with Crippen LogP contribution in [-0.4, -0.2) is 25.5 Å². The maximum Gasteiger partial charge on any atom is 0.125 e. The van der Waals surface area contributed by atoms with Gasteiger partial charge in [0.25, 0.3) is 0 Å². The van der Waals surface area contributed by atoms with Crippen molar-refractivity contribution in [3.8, 4) is 11.5 Å². The number of hydrogen-bond donors (Lipinski definition) is 0. The molecule has 6 heteroatoms. The lowest BCUT2D eigenvalue weighted by molar-refractivity contribution is 0.138. The number of benzene rings is 1. The van der Waals surface area contributed by atoms with Crippen molar-refractivity contribution in [3.63, 3.8) is 0 Å². The molecule has 27 heavy (non-hydrogen) atoms. The molecule has 152 valence electrons. The van der Waals surface area contributed by atoms with Crippen LogP contribution in [0.2, 0.25) is 0 Å². The SMILES string of the molecule is CC(C)=NOCCCCCOc1c(C)cc(OCC=C(Br)Br)cc1C(C)C. The summed E-state index contributed by atoms with van der Waals surface area (Å²) in [6.45, 7) is 12.1. The van der Waals surface area contributed by atoms with Gasteiger partial charge in [-0.2, -0.15) is 0 Å². The molecule has 0 heterocycles. The number of nitrogens with zero attached hydrogens (tertiary/aromatic N) is 1. The first-order valence-electron chi connectivity index (χ1n) is 9.35. The first-order valence-corrected chi connectivity index (χ1v) is 10.9. The molecule has 1 rings (SSSR count). The molecule has 0 aliphatic rings. The maximum atomic E-state index is 6.12. The van der Waals surface area contributed by atoms with E-state index in [1.54, 1.807) is 0 Å². The third kappa shape index (κ3) is 10.2. The monoisotopic (exact) mass is 503 g/mol. The van der Waals surface area contributed by atoms with Crippen molar-refractivity contribution in [3.05, 3.63) is 32.7 Å². The lowest BCUT2D eigenvalue weighted by atomic mass is 9.99. The van der Waals surface area contributed by atoms with E-state index in [9.17, 15) is 0 Å². The van der Waals surface area contributed by atoms with E-state index in [2.05, 4.69) is 63.9 Å². The molecule has 0 amide bonds. The highest BCUT2D eigenvalue weighted by Crippen LogP contribution is 2.34. The predicted molar refractivity (Wildman–Crippen MR) is 121 cm³/mol. The van der Waals surface area contributed by atoms with Crippen molar-refractivity contribution in [2.24, 2.45) is 5.16 Å². The van der Waals surface area contributed by atoms with Gasteiger partial charge in [0.2, 0.25) is 0 Å². The number of hydrogen-bond acceptors (Lipinski definition) is 4. The van der Waals surface area contributed by atoms with Crippen molar-refractivity contribution in [2.45, 2.75) is 59.8 Å². The quantitative estimate of drug-likeness (QED) is 0.173. The Morgan fingerprint density at radius 3 is 2.41 bits per heavy atom. The molecular formula is C21H31Br2NO3. The molecule has 0 saturated carbocycles. The Morgan fingerprint density at radius 2 is 1.78 bits per heavy atom. The van der Waals surface area contributed by atoms with Gasteiger partial charge in [0.05, 0.1) is 15.7 Å². The molecule has 0 spiro atoms. The van der Waals surface area contributed by atoms with Gasteiger partial charge in [-0.15, -0.1) is 0 Å². The van der Waals surface area contributed by atoms with Crippen LogP contribution in [0.15, 0.2) is 26.8 Å². The highest BCUT2D eigenvalue weighted by Gasteiger charge is 2.13. The third-order valence-electron chi connectivity index (χ3n) is 3.76. The summed E-state index contributed by atoms with van der Waals surface area (Å²) in [7, 11) is 0. The number of rotatable bonds is 12. The van der Waals surface area contributed by atoms with Crippen molar-refractivity contribution in [1.82, 2.24) is 0 Å². The molecule has 0 unspecified atom stereocenters. The zero-order valence-corrected chi connectivity index (χ0v) is 20.2. The van der Waals surface area contributed by atoms with E-state index in [1.165, 1.54) is 5.56 Å². The van der Waals surface area contributed by atoms with E-state index in [1.807, 2.05) is 26.0 Å². The molecule has 4 nitrogen and oxygen atoms in total. The molecule has 1 aromatic rings. The van der Waals surface area contributed by atoms with Gasteiger partial charge in [-0.3, -0.25) is 0 Å². The fourth-order valence-electron chi connectivity index (χ4n) is 2.47. The fourth-order valence-corrected chi connectivity index (χ4v) is 2.74. The normalized spacial score (nSPS) is 10.5. The topological polar surface area (TPSA) is 40.0 Å². The smallest absolute Gasteiger partial charge is 0.125 e. The molecule has 0 bridgehead atoms. The van der Waals surface area contributed by atoms with Gasteiger partial charge in [0.15, 0.2) is 0 Å². The van der Waals surface area contributed by atoms with E-state index < -0.39 is 0 Å². The minimum Gasteiger partial charge on any atom is -0.493 e. The second kappa shape index (κ2) is 13.2. The summed E-state index contributed by atoms with van der Waals surface area (Å²) in [6.07, 6.45) is 4.96. The molecule has 0 aliphatic heterocycles. The summed E-state index contributed by atoms with van der Waals surface area (Å²) in [5.41, 5.74) is 3.23. The fraction of sp³-hybridized carbons (Fsp3) is 0.571. The standard InChI is InChI=1S/C21H31Br2NO3/c1-15(2)19-14-18(25-12-9-20(22)23)13-17(5)21(19)26-10-7-6-8-11-27-24-16(3)4/h9,13-15H,6-8,10-12H2,1-5H3. The summed E-state index contributed by atoms with van der Waals surface area (Å²) in [5.74, 6) is 2.21. The number of oxime groups is 1. The van der Waals surface area contributed by atoms with Crippen LogP contribution >= 0.6 is 31.9 Å². The van der Waals surface area contributed by atoms with E-state index in [0.717, 1.165) is 45.4 Å². The van der Waals surface area contributed by atoms with Crippen LogP contribution in [0.3, 0.4) is 0 Å². The Labute approximate surface area is 180 Å². The third-order valence-corrected chi connectivity index (χ3v) is 4.41. The van der Waals surface area contributed by atoms with Crippen LogP contribution in [-0.2, 0) is 4.84 Å². The van der Waals surface area contributed by atoms with Gasteiger partial charge in [-0.05, 0) is 102 Å². The first kappa shape index (κ1) is 24.0. The van der Waals surface area contributed by atoms with Gasteiger partial charge >= 0.3 is 0 Å². The largest absolute Gasteiger partial charge is 0.493 e. The Balaban J connectivity index is 2.56. The van der Waals surface area contributed by atoms with Gasteiger partial charge in [-0.25, -0.2) is 0 Å². The van der Waals surface area contributed by atoms with Crippen LogP contribution in [0, 0.1) is 6.92 Å². The first-order chi connectivity index (χ1) is 12.8. The van der Waals surface area contributed by atoms with Crippen LogP contribution < -0.4 is 9.47 Å². The zero-order valence-electron chi connectivity index (χ0n) is 17.0. The summed E-state index contributed by atoms with van der Waals surface area (Å²) in [5, 5.41) is 3.94. The molecule has 0 fully saturated rings. The Kier molecular flexibility index (Phi) is 11.8. The molecule has 0 atom stereocenters. The maximum absolute atomic E-state index is 6.12. The van der Waals surface area contributed by atoms with E-state index in [0.29, 0.717) is 25.7 Å². The van der Waals surface area contributed by atoms with Crippen LogP contribution in [0.5, 0.6) is 11.5 Å². The average molecular weight is 505 g/mol. The number of unbranched alkanes of at least 4 members (excludes halogenated alkanes) is 2. The number of halogens is 2. The van der Waals surface area contributed by atoms with Crippen molar-refractivity contribution >= 4 is 37.6 Å². The zero-order chi connectivity index (χ0) is 20.2. The molecule has 1 aromatic carbocycles. The van der Waals surface area contributed by atoms with Gasteiger partial charge in [0.1, 0.15) is 24.7 Å². The Hall–Kier alpha value is -1.01. The molecule has 0 saturated heterocycles. The number of aryl methyl sites for hydroxylation is 1. The van der Waals surface area contributed by atoms with Crippen molar-refractivity contribution < 1.29 is 14.3 Å². The number of ether oxygens (including phenoxy) is 2. The second-order valence-electron chi connectivity index (χ2n) is 6.90. The molecule has 0 N–H and O–H groups in total. The highest BCUT2D eigenvalue weighted by atomic mass is 79.9. The lowest BCUT2D eigenvalue weighted by Crippen LogP contribution is -2.05. The molecule has 0 aromatic heterocycles. The van der Waals surface area contributed by atoms with E-state index >= 15 is 0 Å². The summed E-state index contributed by atoms with van der Waals surface area (Å²) >= 11 is 6.67. The van der Waals surface area contributed by atoms with E-state index in [4.69, 9.17) is 14.3 Å². The van der Waals surface area contributed by atoms with Crippen LogP contribution in [0.25, 0.3) is 0 Å². The molecule has 0 aliphatic carbocycles. The summed E-state index contributed by atoms with van der Waals surface area (Å²) < 4.78 is 12.8. The lowest BCUT2D eigenvalue weighted by Gasteiger charge is -2.18. The molecular weight excluding hydrogens is 474 g/mol. The van der Waals surface area contributed by atoms with Gasteiger partial charge < -0.3 is 14.3 Å². The van der Waals surface area contributed by atoms with Crippen LogP contribution in [0.1, 0.15) is 64.0 Å². The second-order valence-corrected chi connectivity index (χ2v) is 9.67. The average Bonchev–Trinajstić information content (AvgIpc) is 2.57. The summed E-state index contributed by atoms with van der Waals surface area (Å²) in [4.78, 5) is 5.21. The highest BCUT2D eigenvalue weighted by molar-refractivity contribution is 9.28. The van der Waals surface area contributed by atoms with Gasteiger partial charge in [-0.1, -0.05) is 19.0 Å². The Morgan fingerprint density at radius 1 is 1.07 bits per heavy atom. The molecule has 0 radical (unpaired) electrons. The van der Waals surface area contributed by atoms with Crippen molar-refractivity contribution in [2.75, 3.05) is 19.8 Å². The van der Waals surface area contributed by atoms with Crippen molar-refractivity contribution in [1.29, 1.82) is 0 Å². The van der Waals surface area contributed by atoms with Crippen LogP contribution in [0.4, 0.5) is 0 Å². The Bertz CT molecular complexity index is 635. The summed E-state index contributed by atoms with van der Waals surface area (Å²) in [6, 6.07) is 4.12. The van der Waals surface area contributed by atoms with E-state index in [-0.39, 0.29) is 0 Å². The van der Waals surface area contributed by atoms with Gasteiger partial charge in [0, 0.05) is 5.56 Å². The predicted octanol–water partition coefficient (Wildman–Crippen LogP) is 7.09. The minimum atomic E-state index is 0.365.